The van der Waals surface area contributed by atoms with Crippen LogP contribution in [0.5, 0.6) is 0 Å². The van der Waals surface area contributed by atoms with Crippen LogP contribution in [-0.4, -0.2) is 101 Å². The Morgan fingerprint density at radius 2 is 1.41 bits per heavy atom. The van der Waals surface area contributed by atoms with Gasteiger partial charge in [-0.1, -0.05) is 0 Å². The fourth-order valence-electron chi connectivity index (χ4n) is 3.41. The molecule has 0 saturated carbocycles. The normalized spacial score (nSPS) is 18.4. The molecule has 3 rings (SSSR count). The van der Waals surface area contributed by atoms with Crippen LogP contribution in [0, 0.1) is 0 Å². The van der Waals surface area contributed by atoms with Crippen molar-refractivity contribution in [2.24, 2.45) is 0 Å². The summed E-state index contributed by atoms with van der Waals surface area (Å²) in [4.78, 5) is 41.1. The van der Waals surface area contributed by atoms with Crippen molar-refractivity contribution in [3.63, 3.8) is 0 Å². The van der Waals surface area contributed by atoms with Gasteiger partial charge in [0.2, 0.25) is 5.91 Å². The highest BCUT2D eigenvalue weighted by Gasteiger charge is 2.48. The Morgan fingerprint density at radius 3 is 1.79 bits per heavy atom. The quantitative estimate of drug-likeness (QED) is 0.562. The monoisotopic (exact) mass is 502 g/mol. The van der Waals surface area contributed by atoms with E-state index in [0.717, 1.165) is 44.7 Å². The van der Waals surface area contributed by atoms with E-state index in [-0.39, 0.29) is 11.4 Å². The third-order valence-electron chi connectivity index (χ3n) is 5.33. The van der Waals surface area contributed by atoms with Gasteiger partial charge in [0.05, 0.1) is 11.9 Å². The molecule has 2 saturated heterocycles. The van der Waals surface area contributed by atoms with E-state index in [4.69, 9.17) is 19.8 Å². The Bertz CT molecular complexity index is 818. The molecule has 0 radical (unpaired) electrons. The second-order valence-corrected chi connectivity index (χ2v) is 7.48. The Hall–Kier alpha value is -3.10. The number of anilines is 1. The summed E-state index contributed by atoms with van der Waals surface area (Å²) in [5, 5.41) is 14.2. The lowest BCUT2D eigenvalue weighted by Gasteiger charge is -2.51. The van der Waals surface area contributed by atoms with Gasteiger partial charge in [-0.25, -0.2) is 9.59 Å². The van der Waals surface area contributed by atoms with Crippen molar-refractivity contribution in [1.82, 2.24) is 14.8 Å². The molecule has 2 fully saturated rings. The summed E-state index contributed by atoms with van der Waals surface area (Å²) in [7, 11) is 4.01. The molecule has 0 aromatic carbocycles. The lowest BCUT2D eigenvalue weighted by Crippen LogP contribution is -2.67. The van der Waals surface area contributed by atoms with Crippen LogP contribution >= 0.6 is 0 Å². The molecular formula is C19H24F6N4O5. The molecule has 1 amide bonds. The largest absolute Gasteiger partial charge is 0.490 e. The van der Waals surface area contributed by atoms with Crippen molar-refractivity contribution in [3.8, 4) is 0 Å². The van der Waals surface area contributed by atoms with Gasteiger partial charge in [-0.05, 0) is 32.0 Å². The van der Waals surface area contributed by atoms with Crippen LogP contribution in [-0.2, 0) is 14.4 Å². The summed E-state index contributed by atoms with van der Waals surface area (Å²) in [5.74, 6) is -5.22. The number of piperazine rings is 1. The number of rotatable bonds is 1. The Labute approximate surface area is 190 Å². The summed E-state index contributed by atoms with van der Waals surface area (Å²) in [5.41, 5.74) is 0.868. The van der Waals surface area contributed by atoms with Gasteiger partial charge in [0, 0.05) is 39.4 Å². The van der Waals surface area contributed by atoms with Gasteiger partial charge in [0.15, 0.2) is 0 Å². The molecule has 192 valence electrons. The van der Waals surface area contributed by atoms with Crippen LogP contribution in [0.15, 0.2) is 24.5 Å². The average Bonchev–Trinajstić information content (AvgIpc) is 2.76. The second kappa shape index (κ2) is 11.4. The van der Waals surface area contributed by atoms with E-state index in [1.807, 2.05) is 24.2 Å². The third kappa shape index (κ3) is 7.74. The first-order valence-corrected chi connectivity index (χ1v) is 9.74. The lowest BCUT2D eigenvalue weighted by atomic mass is 9.83. The molecule has 0 unspecified atom stereocenters. The number of amides is 1. The predicted molar refractivity (Wildman–Crippen MR) is 106 cm³/mol. The van der Waals surface area contributed by atoms with Gasteiger partial charge in [-0.2, -0.15) is 26.3 Å². The summed E-state index contributed by atoms with van der Waals surface area (Å²) in [6, 6.07) is 4.05. The molecule has 1 aromatic heterocycles. The van der Waals surface area contributed by atoms with Crippen LogP contribution < -0.4 is 4.90 Å². The van der Waals surface area contributed by atoms with Crippen LogP contribution in [0.1, 0.15) is 12.8 Å². The number of likely N-dealkylation sites (N-methyl/N-ethyl adjacent to an activating group) is 2. The van der Waals surface area contributed by atoms with Crippen molar-refractivity contribution in [3.05, 3.63) is 24.5 Å². The average molecular weight is 502 g/mol. The third-order valence-corrected chi connectivity index (χ3v) is 5.33. The highest BCUT2D eigenvalue weighted by Crippen LogP contribution is 2.33. The van der Waals surface area contributed by atoms with Gasteiger partial charge < -0.3 is 20.0 Å². The van der Waals surface area contributed by atoms with Crippen molar-refractivity contribution in [2.45, 2.75) is 30.7 Å². The molecule has 2 aliphatic rings. The van der Waals surface area contributed by atoms with E-state index in [2.05, 4.69) is 27.9 Å². The lowest BCUT2D eigenvalue weighted by molar-refractivity contribution is -0.193. The van der Waals surface area contributed by atoms with Crippen molar-refractivity contribution < 1.29 is 50.9 Å². The molecule has 1 spiro atoms. The fraction of sp³-hybridized carbons (Fsp3) is 0.579. The number of aliphatic carboxylic acids is 2. The SMILES string of the molecule is CN1CCN(C)C2(CCN(c3cccnc3)CC2)C1=O.O=C(O)C(F)(F)F.O=C(O)C(F)(F)F. The highest BCUT2D eigenvalue weighted by atomic mass is 19.4. The van der Waals surface area contributed by atoms with Crippen LogP contribution in [0.25, 0.3) is 0 Å². The number of alkyl halides is 6. The first-order chi connectivity index (χ1) is 15.5. The maximum absolute atomic E-state index is 12.6. The summed E-state index contributed by atoms with van der Waals surface area (Å²) < 4.78 is 63.5. The maximum Gasteiger partial charge on any atom is 0.490 e. The summed E-state index contributed by atoms with van der Waals surface area (Å²) >= 11 is 0. The van der Waals surface area contributed by atoms with Crippen molar-refractivity contribution >= 4 is 23.5 Å². The van der Waals surface area contributed by atoms with E-state index < -0.39 is 24.3 Å². The van der Waals surface area contributed by atoms with Gasteiger partial charge in [0.1, 0.15) is 5.54 Å². The molecular weight excluding hydrogens is 478 g/mol. The van der Waals surface area contributed by atoms with Crippen LogP contribution in [0.2, 0.25) is 0 Å². The van der Waals surface area contributed by atoms with E-state index in [0.29, 0.717) is 0 Å². The summed E-state index contributed by atoms with van der Waals surface area (Å²) in [6.45, 7) is 3.63. The van der Waals surface area contributed by atoms with Crippen LogP contribution in [0.4, 0.5) is 32.0 Å². The van der Waals surface area contributed by atoms with E-state index in [1.165, 1.54) is 0 Å². The van der Waals surface area contributed by atoms with Crippen molar-refractivity contribution in [1.29, 1.82) is 0 Å². The zero-order valence-electron chi connectivity index (χ0n) is 18.2. The molecule has 15 heteroatoms. The molecule has 0 bridgehead atoms. The Balaban J connectivity index is 0.000000343. The first kappa shape index (κ1) is 28.9. The number of carbonyl (C=O) groups excluding carboxylic acids is 1. The standard InChI is InChI=1S/C15H22N4O.2C2HF3O2/c1-17-10-11-18(2)15(14(17)20)5-8-19(9-6-15)13-4-3-7-16-12-13;2*3-2(4,5)1(6)7/h3-4,7,12H,5-6,8-11H2,1-2H3;2*(H,6,7). The van der Waals surface area contributed by atoms with Crippen LogP contribution in [0.3, 0.4) is 0 Å². The van der Waals surface area contributed by atoms with E-state index >= 15 is 0 Å². The minimum Gasteiger partial charge on any atom is -0.475 e. The number of hydrogen-bond donors (Lipinski definition) is 2. The van der Waals surface area contributed by atoms with Gasteiger partial charge >= 0.3 is 24.3 Å². The highest BCUT2D eigenvalue weighted by molar-refractivity contribution is 5.87. The zero-order chi connectivity index (χ0) is 26.3. The molecule has 3 heterocycles. The van der Waals surface area contributed by atoms with Gasteiger partial charge in [-0.15, -0.1) is 0 Å². The number of piperidine rings is 1. The second-order valence-electron chi connectivity index (χ2n) is 7.48. The number of carbonyl (C=O) groups is 3. The number of nitrogens with zero attached hydrogens (tertiary/aromatic N) is 4. The molecule has 1 aromatic rings. The first-order valence-electron chi connectivity index (χ1n) is 9.74. The molecule has 9 nitrogen and oxygen atoms in total. The van der Waals surface area contributed by atoms with Gasteiger partial charge in [0.25, 0.3) is 0 Å². The zero-order valence-corrected chi connectivity index (χ0v) is 18.2. The number of hydrogen-bond acceptors (Lipinski definition) is 6. The number of halogens is 6. The Kier molecular flexibility index (Phi) is 9.66. The fourth-order valence-corrected chi connectivity index (χ4v) is 3.41. The van der Waals surface area contributed by atoms with Gasteiger partial charge in [-0.3, -0.25) is 14.7 Å². The van der Waals surface area contributed by atoms with E-state index in [9.17, 15) is 31.1 Å². The number of aromatic nitrogens is 1. The topological polar surface area (TPSA) is 114 Å². The molecule has 2 N–H and O–H groups in total. The molecule has 0 atom stereocenters. The maximum atomic E-state index is 12.6. The van der Waals surface area contributed by atoms with Crippen molar-refractivity contribution in [2.75, 3.05) is 45.2 Å². The molecule has 34 heavy (non-hydrogen) atoms. The number of carboxylic acids is 2. The minimum atomic E-state index is -5.08. The van der Waals surface area contributed by atoms with E-state index in [1.54, 1.807) is 6.20 Å². The minimum absolute atomic E-state index is 0.286. The smallest absolute Gasteiger partial charge is 0.475 e. The summed E-state index contributed by atoms with van der Waals surface area (Å²) in [6.07, 6.45) is -4.69. The number of pyridine rings is 1. The molecule has 2 aliphatic heterocycles. The Morgan fingerprint density at radius 1 is 0.941 bits per heavy atom. The predicted octanol–water partition coefficient (Wildman–Crippen LogP) is 2.09. The number of carboxylic acid groups (broad SMARTS) is 2. The molecule has 0 aliphatic carbocycles.